The fourth-order valence-electron chi connectivity index (χ4n) is 1.35. The average molecular weight is 230 g/mol. The standard InChI is InChI=1S/C10H22N4O2/c1-10(2,7-14-9(12)16)5-3-4-6-13-8(11)15/h3-7H2,1-2H3,(H3,11,13,15)(H3,12,14,16). The smallest absolute Gasteiger partial charge is 0.312 e. The van der Waals surface area contributed by atoms with Crippen LogP contribution in [0.2, 0.25) is 0 Å². The maximum atomic E-state index is 10.5. The first-order chi connectivity index (χ1) is 7.33. The molecule has 0 atom stereocenters. The molecule has 0 aromatic rings. The Kier molecular flexibility index (Phi) is 6.29. The van der Waals surface area contributed by atoms with Crippen molar-refractivity contribution in [3.05, 3.63) is 0 Å². The van der Waals surface area contributed by atoms with Crippen LogP contribution in [0, 0.1) is 5.41 Å². The third kappa shape index (κ3) is 9.11. The molecule has 0 unspecified atom stereocenters. The zero-order chi connectivity index (χ0) is 12.6. The number of rotatable bonds is 7. The van der Waals surface area contributed by atoms with Gasteiger partial charge in [0.2, 0.25) is 0 Å². The molecule has 0 aliphatic rings. The fraction of sp³-hybridized carbons (Fsp3) is 0.800. The van der Waals surface area contributed by atoms with E-state index in [1.807, 2.05) is 0 Å². The summed E-state index contributed by atoms with van der Waals surface area (Å²) in [5.74, 6) is 0. The lowest BCUT2D eigenvalue weighted by molar-refractivity contribution is 0.238. The van der Waals surface area contributed by atoms with E-state index in [4.69, 9.17) is 11.5 Å². The van der Waals surface area contributed by atoms with Gasteiger partial charge in [0.15, 0.2) is 0 Å². The number of carbonyl (C=O) groups excluding carboxylic acids is 2. The summed E-state index contributed by atoms with van der Waals surface area (Å²) in [7, 11) is 0. The maximum Gasteiger partial charge on any atom is 0.312 e. The molecule has 6 N–H and O–H groups in total. The molecule has 0 bridgehead atoms. The molecule has 94 valence electrons. The second kappa shape index (κ2) is 6.92. The van der Waals surface area contributed by atoms with Crippen LogP contribution in [0.1, 0.15) is 33.1 Å². The van der Waals surface area contributed by atoms with Gasteiger partial charge in [0.25, 0.3) is 0 Å². The van der Waals surface area contributed by atoms with Crippen molar-refractivity contribution in [1.29, 1.82) is 0 Å². The van der Waals surface area contributed by atoms with Gasteiger partial charge >= 0.3 is 12.1 Å². The largest absolute Gasteiger partial charge is 0.352 e. The van der Waals surface area contributed by atoms with Crippen LogP contribution in [-0.4, -0.2) is 25.2 Å². The third-order valence-electron chi connectivity index (χ3n) is 2.32. The molecule has 16 heavy (non-hydrogen) atoms. The lowest BCUT2D eigenvalue weighted by atomic mass is 9.87. The highest BCUT2D eigenvalue weighted by Crippen LogP contribution is 2.21. The Labute approximate surface area is 96.1 Å². The molecule has 4 amide bonds. The molecule has 0 radical (unpaired) electrons. The van der Waals surface area contributed by atoms with E-state index in [2.05, 4.69) is 24.5 Å². The second-order valence-corrected chi connectivity index (χ2v) is 4.63. The van der Waals surface area contributed by atoms with Crippen LogP contribution in [0.15, 0.2) is 0 Å². The molecule has 0 heterocycles. The van der Waals surface area contributed by atoms with Gasteiger partial charge in [-0.25, -0.2) is 9.59 Å². The molecule has 0 aromatic heterocycles. The Morgan fingerprint density at radius 3 is 2.12 bits per heavy atom. The number of amides is 4. The first-order valence-electron chi connectivity index (χ1n) is 5.40. The van der Waals surface area contributed by atoms with Gasteiger partial charge in [0.1, 0.15) is 0 Å². The van der Waals surface area contributed by atoms with Gasteiger partial charge in [0.05, 0.1) is 0 Å². The average Bonchev–Trinajstić information content (AvgIpc) is 2.14. The van der Waals surface area contributed by atoms with Gasteiger partial charge in [-0.05, 0) is 18.3 Å². The minimum absolute atomic E-state index is 0.0156. The van der Waals surface area contributed by atoms with E-state index in [-0.39, 0.29) is 5.41 Å². The van der Waals surface area contributed by atoms with E-state index < -0.39 is 12.1 Å². The first kappa shape index (κ1) is 14.5. The zero-order valence-electron chi connectivity index (χ0n) is 10.0. The van der Waals surface area contributed by atoms with Crippen molar-refractivity contribution in [3.8, 4) is 0 Å². The van der Waals surface area contributed by atoms with Gasteiger partial charge in [-0.1, -0.05) is 20.3 Å². The predicted octanol–water partition coefficient (Wildman–Crippen LogP) is 0.520. The van der Waals surface area contributed by atoms with Crippen LogP contribution < -0.4 is 22.1 Å². The number of hydrogen-bond acceptors (Lipinski definition) is 2. The van der Waals surface area contributed by atoms with Gasteiger partial charge in [0, 0.05) is 13.1 Å². The Morgan fingerprint density at radius 1 is 1.06 bits per heavy atom. The highest BCUT2D eigenvalue weighted by molar-refractivity contribution is 5.71. The molecule has 0 saturated heterocycles. The Hall–Kier alpha value is -1.46. The highest BCUT2D eigenvalue weighted by atomic mass is 16.2. The molecule has 0 spiro atoms. The molecule has 0 aliphatic carbocycles. The van der Waals surface area contributed by atoms with Gasteiger partial charge in [-0.2, -0.15) is 0 Å². The summed E-state index contributed by atoms with van der Waals surface area (Å²) in [4.78, 5) is 20.9. The van der Waals surface area contributed by atoms with Gasteiger partial charge < -0.3 is 22.1 Å². The normalized spacial score (nSPS) is 10.9. The van der Waals surface area contributed by atoms with Crippen molar-refractivity contribution in [2.45, 2.75) is 33.1 Å². The van der Waals surface area contributed by atoms with E-state index in [1.54, 1.807) is 0 Å². The number of hydrogen-bond donors (Lipinski definition) is 4. The highest BCUT2D eigenvalue weighted by Gasteiger charge is 2.17. The molecule has 0 rings (SSSR count). The summed E-state index contributed by atoms with van der Waals surface area (Å²) >= 11 is 0. The molecule has 0 aromatic carbocycles. The van der Waals surface area contributed by atoms with Crippen LogP contribution in [0.25, 0.3) is 0 Å². The molecule has 0 saturated carbocycles. The van der Waals surface area contributed by atoms with Crippen molar-refractivity contribution in [1.82, 2.24) is 10.6 Å². The van der Waals surface area contributed by atoms with E-state index in [0.717, 1.165) is 19.3 Å². The summed E-state index contributed by atoms with van der Waals surface area (Å²) in [6.45, 7) is 5.27. The van der Waals surface area contributed by atoms with Gasteiger partial charge in [-0.3, -0.25) is 0 Å². The topological polar surface area (TPSA) is 110 Å². The predicted molar refractivity (Wildman–Crippen MR) is 62.8 cm³/mol. The van der Waals surface area contributed by atoms with Crippen molar-refractivity contribution in [2.24, 2.45) is 16.9 Å². The number of carbonyl (C=O) groups is 2. The van der Waals surface area contributed by atoms with Crippen molar-refractivity contribution < 1.29 is 9.59 Å². The van der Waals surface area contributed by atoms with Crippen molar-refractivity contribution in [2.75, 3.05) is 13.1 Å². The van der Waals surface area contributed by atoms with Crippen LogP contribution in [-0.2, 0) is 0 Å². The number of nitrogens with one attached hydrogen (secondary N) is 2. The fourth-order valence-corrected chi connectivity index (χ4v) is 1.35. The molecule has 6 nitrogen and oxygen atoms in total. The van der Waals surface area contributed by atoms with Crippen LogP contribution in [0.5, 0.6) is 0 Å². The number of unbranched alkanes of at least 4 members (excludes halogenated alkanes) is 1. The number of primary amides is 2. The molecular formula is C10H22N4O2. The summed E-state index contributed by atoms with van der Waals surface area (Å²) in [6, 6.07) is -0.988. The number of urea groups is 2. The quantitative estimate of drug-likeness (QED) is 0.478. The SMILES string of the molecule is CC(C)(CCCCNC(N)=O)CNC(N)=O. The molecule has 0 fully saturated rings. The molecule has 0 aliphatic heterocycles. The summed E-state index contributed by atoms with van der Waals surface area (Å²) in [5, 5.41) is 5.13. The van der Waals surface area contributed by atoms with Gasteiger partial charge in [-0.15, -0.1) is 0 Å². The summed E-state index contributed by atoms with van der Waals surface area (Å²) in [6.07, 6.45) is 2.80. The van der Waals surface area contributed by atoms with E-state index >= 15 is 0 Å². The lowest BCUT2D eigenvalue weighted by Gasteiger charge is -2.24. The van der Waals surface area contributed by atoms with E-state index in [9.17, 15) is 9.59 Å². The van der Waals surface area contributed by atoms with Crippen molar-refractivity contribution in [3.63, 3.8) is 0 Å². The summed E-state index contributed by atoms with van der Waals surface area (Å²) in [5.41, 5.74) is 9.94. The molecular weight excluding hydrogens is 208 g/mol. The van der Waals surface area contributed by atoms with Crippen molar-refractivity contribution >= 4 is 12.1 Å². The minimum Gasteiger partial charge on any atom is -0.352 e. The Bertz CT molecular complexity index is 241. The van der Waals surface area contributed by atoms with E-state index in [1.165, 1.54) is 0 Å². The summed E-state index contributed by atoms with van der Waals surface area (Å²) < 4.78 is 0. The van der Waals surface area contributed by atoms with Crippen LogP contribution >= 0.6 is 0 Å². The zero-order valence-corrected chi connectivity index (χ0v) is 10.0. The third-order valence-corrected chi connectivity index (χ3v) is 2.32. The van der Waals surface area contributed by atoms with E-state index in [0.29, 0.717) is 13.1 Å². The Morgan fingerprint density at radius 2 is 1.62 bits per heavy atom. The van der Waals surface area contributed by atoms with Crippen LogP contribution in [0.3, 0.4) is 0 Å². The molecule has 6 heteroatoms. The number of nitrogens with two attached hydrogens (primary N) is 2. The Balaban J connectivity index is 3.57. The minimum atomic E-state index is -0.497. The monoisotopic (exact) mass is 230 g/mol. The second-order valence-electron chi connectivity index (χ2n) is 4.63. The first-order valence-corrected chi connectivity index (χ1v) is 5.40. The lowest BCUT2D eigenvalue weighted by Crippen LogP contribution is -2.37. The maximum absolute atomic E-state index is 10.5. The van der Waals surface area contributed by atoms with Crippen LogP contribution in [0.4, 0.5) is 9.59 Å².